The van der Waals surface area contributed by atoms with Crippen molar-refractivity contribution in [3.05, 3.63) is 34.1 Å². The van der Waals surface area contributed by atoms with Crippen LogP contribution in [0.5, 0.6) is 0 Å². The number of hydrogen-bond donors (Lipinski definition) is 1. The molecule has 0 amide bonds. The SMILES string of the molecule is N#Cc1cc(C2=CC[C@@H]3CN[C@H]23)cnc1Br. The summed E-state index contributed by atoms with van der Waals surface area (Å²) in [4.78, 5) is 4.20. The van der Waals surface area contributed by atoms with Crippen molar-refractivity contribution < 1.29 is 0 Å². The van der Waals surface area contributed by atoms with Crippen molar-refractivity contribution in [1.82, 2.24) is 10.3 Å². The van der Waals surface area contributed by atoms with Gasteiger partial charge in [0.15, 0.2) is 0 Å². The van der Waals surface area contributed by atoms with E-state index in [4.69, 9.17) is 5.26 Å². The topological polar surface area (TPSA) is 48.7 Å². The fourth-order valence-electron chi connectivity index (χ4n) is 2.37. The first kappa shape index (κ1) is 10.0. The van der Waals surface area contributed by atoms with Gasteiger partial charge in [-0.3, -0.25) is 0 Å². The highest BCUT2D eigenvalue weighted by molar-refractivity contribution is 9.10. The highest BCUT2D eigenvalue weighted by Crippen LogP contribution is 2.37. The molecule has 0 bridgehead atoms. The van der Waals surface area contributed by atoms with Gasteiger partial charge >= 0.3 is 0 Å². The Morgan fingerprint density at radius 2 is 2.44 bits per heavy atom. The van der Waals surface area contributed by atoms with E-state index in [9.17, 15) is 0 Å². The van der Waals surface area contributed by atoms with Crippen LogP contribution in [0.25, 0.3) is 5.57 Å². The van der Waals surface area contributed by atoms with E-state index in [-0.39, 0.29) is 0 Å². The van der Waals surface area contributed by atoms with E-state index in [2.05, 4.69) is 38.4 Å². The molecule has 16 heavy (non-hydrogen) atoms. The molecule has 1 aliphatic carbocycles. The van der Waals surface area contributed by atoms with Gasteiger partial charge in [0.1, 0.15) is 10.7 Å². The predicted molar refractivity (Wildman–Crippen MR) is 64.5 cm³/mol. The van der Waals surface area contributed by atoms with Gasteiger partial charge in [0, 0.05) is 18.8 Å². The maximum atomic E-state index is 8.96. The molecule has 4 heteroatoms. The minimum Gasteiger partial charge on any atom is -0.309 e. The van der Waals surface area contributed by atoms with Gasteiger partial charge in [-0.15, -0.1) is 0 Å². The third-order valence-electron chi connectivity index (χ3n) is 3.34. The molecule has 2 aliphatic rings. The predicted octanol–water partition coefficient (Wildman–Crippen LogP) is 2.09. The van der Waals surface area contributed by atoms with Crippen molar-refractivity contribution in [2.24, 2.45) is 5.92 Å². The molecule has 1 N–H and O–H groups in total. The molecule has 3 rings (SSSR count). The van der Waals surface area contributed by atoms with Crippen molar-refractivity contribution in [3.63, 3.8) is 0 Å². The van der Waals surface area contributed by atoms with Crippen LogP contribution in [-0.4, -0.2) is 17.6 Å². The van der Waals surface area contributed by atoms with E-state index < -0.39 is 0 Å². The molecular weight excluding hydrogens is 266 g/mol. The van der Waals surface area contributed by atoms with Crippen LogP contribution >= 0.6 is 15.9 Å². The lowest BCUT2D eigenvalue weighted by molar-refractivity contribution is 0.307. The fourth-order valence-corrected chi connectivity index (χ4v) is 2.68. The van der Waals surface area contributed by atoms with Gasteiger partial charge in [0.2, 0.25) is 0 Å². The third kappa shape index (κ3) is 1.40. The van der Waals surface area contributed by atoms with Crippen LogP contribution in [0, 0.1) is 17.2 Å². The summed E-state index contributed by atoms with van der Waals surface area (Å²) in [7, 11) is 0. The average Bonchev–Trinajstić information content (AvgIpc) is 2.54. The van der Waals surface area contributed by atoms with E-state index >= 15 is 0 Å². The molecule has 0 unspecified atom stereocenters. The number of pyridine rings is 1. The summed E-state index contributed by atoms with van der Waals surface area (Å²) in [5.41, 5.74) is 2.97. The van der Waals surface area contributed by atoms with Crippen LogP contribution in [0.4, 0.5) is 0 Å². The number of allylic oxidation sites excluding steroid dienone is 1. The van der Waals surface area contributed by atoms with E-state index in [1.165, 1.54) is 5.57 Å². The fraction of sp³-hybridized carbons (Fsp3) is 0.333. The van der Waals surface area contributed by atoms with Crippen LogP contribution in [0.1, 0.15) is 17.5 Å². The molecule has 0 spiro atoms. The molecule has 3 nitrogen and oxygen atoms in total. The number of rotatable bonds is 1. The molecule has 2 atom stereocenters. The molecule has 0 aromatic carbocycles. The highest BCUT2D eigenvalue weighted by Gasteiger charge is 2.37. The van der Waals surface area contributed by atoms with Crippen molar-refractivity contribution in [1.29, 1.82) is 5.26 Å². The van der Waals surface area contributed by atoms with Gasteiger partial charge < -0.3 is 5.32 Å². The summed E-state index contributed by atoms with van der Waals surface area (Å²) >= 11 is 3.27. The number of halogens is 1. The van der Waals surface area contributed by atoms with Crippen LogP contribution in [0.2, 0.25) is 0 Å². The molecule has 1 fully saturated rings. The second-order valence-corrected chi connectivity index (χ2v) is 4.97. The molecule has 2 heterocycles. The molecule has 1 aromatic rings. The standard InChI is InChI=1S/C12H10BrN3/c13-12-8(4-14)3-9(6-16-12)10-2-1-7-5-15-11(7)10/h2-3,6-7,11,15H,1,5H2/t7-,11+/m1/s1. The number of nitriles is 1. The van der Waals surface area contributed by atoms with E-state index in [0.29, 0.717) is 16.2 Å². The lowest BCUT2D eigenvalue weighted by Crippen LogP contribution is -2.50. The zero-order valence-corrected chi connectivity index (χ0v) is 10.2. The second kappa shape index (κ2) is 3.69. The Hall–Kier alpha value is -1.18. The van der Waals surface area contributed by atoms with Gasteiger partial charge in [0.25, 0.3) is 0 Å². The number of nitrogens with one attached hydrogen (secondary N) is 1. The first-order valence-corrected chi connectivity index (χ1v) is 6.08. The van der Waals surface area contributed by atoms with Gasteiger partial charge in [-0.2, -0.15) is 5.26 Å². The Morgan fingerprint density at radius 3 is 3.06 bits per heavy atom. The first-order chi connectivity index (χ1) is 7.79. The second-order valence-electron chi connectivity index (χ2n) is 4.22. The minimum absolute atomic E-state index is 0.481. The van der Waals surface area contributed by atoms with E-state index in [1.807, 2.05) is 12.3 Å². The molecule has 1 saturated heterocycles. The first-order valence-electron chi connectivity index (χ1n) is 5.29. The van der Waals surface area contributed by atoms with Crippen molar-refractivity contribution >= 4 is 21.5 Å². The van der Waals surface area contributed by atoms with Crippen LogP contribution in [0.3, 0.4) is 0 Å². The zero-order valence-electron chi connectivity index (χ0n) is 8.57. The monoisotopic (exact) mass is 275 g/mol. The molecule has 1 aromatic heterocycles. The van der Waals surface area contributed by atoms with Crippen molar-refractivity contribution in [2.45, 2.75) is 12.5 Å². The number of nitrogens with zero attached hydrogens (tertiary/aromatic N) is 2. The zero-order chi connectivity index (χ0) is 11.1. The number of aromatic nitrogens is 1. The van der Waals surface area contributed by atoms with Gasteiger partial charge in [-0.1, -0.05) is 6.08 Å². The van der Waals surface area contributed by atoms with Crippen molar-refractivity contribution in [3.8, 4) is 6.07 Å². The van der Waals surface area contributed by atoms with Crippen LogP contribution in [-0.2, 0) is 0 Å². The minimum atomic E-state index is 0.481. The van der Waals surface area contributed by atoms with Gasteiger partial charge in [-0.25, -0.2) is 4.98 Å². The number of hydrogen-bond acceptors (Lipinski definition) is 3. The highest BCUT2D eigenvalue weighted by atomic mass is 79.9. The Kier molecular flexibility index (Phi) is 2.31. The Labute approximate surface area is 102 Å². The lowest BCUT2D eigenvalue weighted by Gasteiger charge is -2.34. The summed E-state index contributed by atoms with van der Waals surface area (Å²) in [6.45, 7) is 1.11. The molecule has 80 valence electrons. The van der Waals surface area contributed by atoms with Crippen LogP contribution in [0.15, 0.2) is 22.9 Å². The summed E-state index contributed by atoms with van der Waals surface area (Å²) in [5, 5.41) is 12.4. The normalized spacial score (nSPS) is 26.6. The molecule has 0 saturated carbocycles. The largest absolute Gasteiger partial charge is 0.309 e. The Morgan fingerprint density at radius 1 is 1.56 bits per heavy atom. The van der Waals surface area contributed by atoms with Crippen molar-refractivity contribution in [2.75, 3.05) is 6.54 Å². The molecule has 1 aliphatic heterocycles. The summed E-state index contributed by atoms with van der Waals surface area (Å²) in [6, 6.07) is 4.54. The lowest BCUT2D eigenvalue weighted by atomic mass is 9.89. The maximum absolute atomic E-state index is 8.96. The molecular formula is C12H10BrN3. The van der Waals surface area contributed by atoms with Gasteiger partial charge in [-0.05, 0) is 45.5 Å². The maximum Gasteiger partial charge on any atom is 0.123 e. The Balaban J connectivity index is 1.99. The molecule has 0 radical (unpaired) electrons. The average molecular weight is 276 g/mol. The number of fused-ring (bicyclic) bond motifs is 1. The smallest absolute Gasteiger partial charge is 0.123 e. The van der Waals surface area contributed by atoms with Gasteiger partial charge in [0.05, 0.1) is 5.56 Å². The summed E-state index contributed by atoms with van der Waals surface area (Å²) in [6.07, 6.45) is 5.24. The van der Waals surface area contributed by atoms with E-state index in [1.54, 1.807) is 0 Å². The summed E-state index contributed by atoms with van der Waals surface area (Å²) in [5.74, 6) is 0.754. The summed E-state index contributed by atoms with van der Waals surface area (Å²) < 4.78 is 0.621. The van der Waals surface area contributed by atoms with Crippen LogP contribution < -0.4 is 5.32 Å². The quantitative estimate of drug-likeness (QED) is 0.799. The Bertz CT molecular complexity index is 515. The van der Waals surface area contributed by atoms with E-state index in [0.717, 1.165) is 24.4 Å². The third-order valence-corrected chi connectivity index (χ3v) is 3.97.